The Kier molecular flexibility index (Phi) is 3.04. The monoisotopic (exact) mass is 225 g/mol. The highest BCUT2D eigenvalue weighted by atomic mass is 35.5. The summed E-state index contributed by atoms with van der Waals surface area (Å²) < 4.78 is 2.27. The highest BCUT2D eigenvalue weighted by Gasteiger charge is 2.00. The van der Waals surface area contributed by atoms with Crippen molar-refractivity contribution in [3.63, 3.8) is 0 Å². The van der Waals surface area contributed by atoms with E-state index in [2.05, 4.69) is 29.2 Å². The topological polar surface area (TPSA) is 4.93 Å². The second-order valence-electron chi connectivity index (χ2n) is 3.21. The molecule has 0 N–H and O–H groups in total. The third-order valence-corrected chi connectivity index (χ3v) is 3.10. The maximum Gasteiger partial charge on any atom is 0.0481 e. The van der Waals surface area contributed by atoms with Crippen molar-refractivity contribution in [2.24, 2.45) is 0 Å². The second-order valence-corrected chi connectivity index (χ2v) is 4.63. The molecule has 0 aliphatic heterocycles. The van der Waals surface area contributed by atoms with Gasteiger partial charge in [0, 0.05) is 34.4 Å². The molecule has 0 saturated carbocycles. The average Bonchev–Trinajstić information content (AvgIpc) is 2.57. The van der Waals surface area contributed by atoms with Gasteiger partial charge >= 0.3 is 0 Å². The lowest BCUT2D eigenvalue weighted by Gasteiger charge is -2.03. The van der Waals surface area contributed by atoms with Crippen molar-refractivity contribution in [3.05, 3.63) is 35.5 Å². The molecule has 3 heteroatoms. The van der Waals surface area contributed by atoms with Crippen molar-refractivity contribution in [2.75, 3.05) is 12.0 Å². The van der Waals surface area contributed by atoms with Gasteiger partial charge in [0.25, 0.3) is 0 Å². The number of aromatic nitrogens is 1. The summed E-state index contributed by atoms with van der Waals surface area (Å²) in [6, 6.07) is 8.14. The summed E-state index contributed by atoms with van der Waals surface area (Å²) in [6.45, 7) is 1.06. The number of hydrogen-bond acceptors (Lipinski definition) is 1. The first-order valence-corrected chi connectivity index (χ1v) is 6.32. The van der Waals surface area contributed by atoms with Gasteiger partial charge in [-0.2, -0.15) is 11.8 Å². The van der Waals surface area contributed by atoms with Crippen LogP contribution in [0, 0.1) is 0 Å². The molecule has 2 aromatic rings. The molecule has 1 aromatic carbocycles. The van der Waals surface area contributed by atoms with Gasteiger partial charge in [-0.25, -0.2) is 0 Å². The summed E-state index contributed by atoms with van der Waals surface area (Å²) in [5.41, 5.74) is 1.27. The fraction of sp³-hybridized carbons (Fsp3) is 0.273. The molecule has 1 heterocycles. The van der Waals surface area contributed by atoms with E-state index in [-0.39, 0.29) is 0 Å². The van der Waals surface area contributed by atoms with Crippen molar-refractivity contribution in [2.45, 2.75) is 6.54 Å². The molecule has 14 heavy (non-hydrogen) atoms. The fourth-order valence-corrected chi connectivity index (χ4v) is 2.12. The molecule has 74 valence electrons. The molecule has 1 nitrogen and oxygen atoms in total. The number of aryl methyl sites for hydroxylation is 1. The van der Waals surface area contributed by atoms with E-state index >= 15 is 0 Å². The third kappa shape index (κ3) is 1.91. The molecule has 0 amide bonds. The summed E-state index contributed by atoms with van der Waals surface area (Å²) in [5.74, 6) is 1.15. The van der Waals surface area contributed by atoms with Gasteiger partial charge in [-0.1, -0.05) is 11.6 Å². The molecule has 2 rings (SSSR count). The SMILES string of the molecule is CSCCn1ccc2cc(Cl)ccc21. The summed E-state index contributed by atoms with van der Waals surface area (Å²) in [4.78, 5) is 0. The maximum atomic E-state index is 5.92. The summed E-state index contributed by atoms with van der Waals surface area (Å²) in [7, 11) is 0. The number of benzene rings is 1. The van der Waals surface area contributed by atoms with Crippen molar-refractivity contribution in [1.29, 1.82) is 0 Å². The van der Waals surface area contributed by atoms with Crippen LogP contribution in [0.15, 0.2) is 30.5 Å². The first-order chi connectivity index (χ1) is 6.81. The standard InChI is InChI=1S/C11H12ClNS/c1-14-7-6-13-5-4-9-8-10(12)2-3-11(9)13/h2-5,8H,6-7H2,1H3. The van der Waals surface area contributed by atoms with Crippen LogP contribution in [0.4, 0.5) is 0 Å². The van der Waals surface area contributed by atoms with Crippen LogP contribution in [0.2, 0.25) is 5.02 Å². The Morgan fingerprint density at radius 3 is 3.00 bits per heavy atom. The van der Waals surface area contributed by atoms with Crippen LogP contribution in [0.25, 0.3) is 10.9 Å². The summed E-state index contributed by atoms with van der Waals surface area (Å²) in [6.07, 6.45) is 4.25. The molecule has 0 aliphatic rings. The van der Waals surface area contributed by atoms with E-state index in [9.17, 15) is 0 Å². The number of thioether (sulfide) groups is 1. The highest BCUT2D eigenvalue weighted by Crippen LogP contribution is 2.20. The lowest BCUT2D eigenvalue weighted by molar-refractivity contribution is 0.808. The van der Waals surface area contributed by atoms with Crippen LogP contribution in [-0.2, 0) is 6.54 Å². The van der Waals surface area contributed by atoms with Gasteiger partial charge in [0.2, 0.25) is 0 Å². The fourth-order valence-electron chi connectivity index (χ4n) is 1.56. The van der Waals surface area contributed by atoms with Crippen LogP contribution in [-0.4, -0.2) is 16.6 Å². The Morgan fingerprint density at radius 1 is 1.36 bits per heavy atom. The van der Waals surface area contributed by atoms with E-state index in [0.29, 0.717) is 0 Å². The Labute approximate surface area is 93.1 Å². The quantitative estimate of drug-likeness (QED) is 0.772. The van der Waals surface area contributed by atoms with E-state index in [0.717, 1.165) is 17.3 Å². The number of fused-ring (bicyclic) bond motifs is 1. The van der Waals surface area contributed by atoms with E-state index in [1.54, 1.807) is 0 Å². The normalized spacial score (nSPS) is 11.0. The Morgan fingerprint density at radius 2 is 2.21 bits per heavy atom. The van der Waals surface area contributed by atoms with Crippen LogP contribution in [0.3, 0.4) is 0 Å². The molecule has 0 aliphatic carbocycles. The van der Waals surface area contributed by atoms with Crippen LogP contribution < -0.4 is 0 Å². The van der Waals surface area contributed by atoms with Crippen molar-refractivity contribution < 1.29 is 0 Å². The van der Waals surface area contributed by atoms with Gasteiger partial charge < -0.3 is 4.57 Å². The smallest absolute Gasteiger partial charge is 0.0481 e. The van der Waals surface area contributed by atoms with Gasteiger partial charge in [-0.05, 0) is 30.5 Å². The van der Waals surface area contributed by atoms with Gasteiger partial charge in [-0.15, -0.1) is 0 Å². The van der Waals surface area contributed by atoms with E-state index < -0.39 is 0 Å². The molecule has 0 atom stereocenters. The molecule has 0 radical (unpaired) electrons. The minimum absolute atomic E-state index is 0.806. The first-order valence-electron chi connectivity index (χ1n) is 4.54. The minimum Gasteiger partial charge on any atom is -0.347 e. The lowest BCUT2D eigenvalue weighted by Crippen LogP contribution is -1.97. The van der Waals surface area contributed by atoms with Gasteiger partial charge in [0.15, 0.2) is 0 Å². The Balaban J connectivity index is 2.37. The predicted molar refractivity (Wildman–Crippen MR) is 65.3 cm³/mol. The van der Waals surface area contributed by atoms with Crippen molar-refractivity contribution in [3.8, 4) is 0 Å². The summed E-state index contributed by atoms with van der Waals surface area (Å²) >= 11 is 7.78. The molecule has 0 unspecified atom stereocenters. The average molecular weight is 226 g/mol. The first kappa shape index (κ1) is 9.94. The van der Waals surface area contributed by atoms with E-state index in [1.165, 1.54) is 10.9 Å². The Bertz CT molecular complexity index is 436. The molecule has 0 saturated heterocycles. The van der Waals surface area contributed by atoms with Crippen LogP contribution >= 0.6 is 23.4 Å². The number of halogens is 1. The third-order valence-electron chi connectivity index (χ3n) is 2.27. The van der Waals surface area contributed by atoms with Crippen LogP contribution in [0.5, 0.6) is 0 Å². The molecule has 0 spiro atoms. The second kappa shape index (κ2) is 4.28. The highest BCUT2D eigenvalue weighted by molar-refractivity contribution is 7.98. The van der Waals surface area contributed by atoms with Gasteiger partial charge in [0.05, 0.1) is 0 Å². The number of hydrogen-bond donors (Lipinski definition) is 0. The van der Waals surface area contributed by atoms with Crippen molar-refractivity contribution in [1.82, 2.24) is 4.57 Å². The zero-order valence-electron chi connectivity index (χ0n) is 8.03. The Hall–Kier alpha value is -0.600. The zero-order valence-corrected chi connectivity index (χ0v) is 9.61. The van der Waals surface area contributed by atoms with Crippen molar-refractivity contribution >= 4 is 34.3 Å². The number of nitrogens with zero attached hydrogens (tertiary/aromatic N) is 1. The zero-order chi connectivity index (χ0) is 9.97. The molecule has 0 fully saturated rings. The predicted octanol–water partition coefficient (Wildman–Crippen LogP) is 3.66. The lowest BCUT2D eigenvalue weighted by atomic mass is 10.2. The van der Waals surface area contributed by atoms with Gasteiger partial charge in [-0.3, -0.25) is 0 Å². The van der Waals surface area contributed by atoms with E-state index in [1.807, 2.05) is 23.9 Å². The molecular formula is C11H12ClNS. The maximum absolute atomic E-state index is 5.92. The summed E-state index contributed by atoms with van der Waals surface area (Å²) in [5, 5.41) is 2.03. The molecule has 1 aromatic heterocycles. The minimum atomic E-state index is 0.806. The molecular weight excluding hydrogens is 214 g/mol. The number of rotatable bonds is 3. The van der Waals surface area contributed by atoms with E-state index in [4.69, 9.17) is 11.6 Å². The largest absolute Gasteiger partial charge is 0.347 e. The van der Waals surface area contributed by atoms with Crippen LogP contribution in [0.1, 0.15) is 0 Å². The van der Waals surface area contributed by atoms with Gasteiger partial charge in [0.1, 0.15) is 0 Å². The molecule has 0 bridgehead atoms.